The molecule has 0 aliphatic carbocycles. The SMILES string of the molecule is C=C(C)C(=O)OC(CC)CC[N+](C)(C)C. The van der Waals surface area contributed by atoms with Crippen molar-refractivity contribution in [1.29, 1.82) is 0 Å². The summed E-state index contributed by atoms with van der Waals surface area (Å²) in [7, 11) is 6.40. The first-order valence-electron chi connectivity index (χ1n) is 5.43. The van der Waals surface area contributed by atoms with Crippen molar-refractivity contribution >= 4 is 5.97 Å². The van der Waals surface area contributed by atoms with Gasteiger partial charge in [-0.25, -0.2) is 4.79 Å². The maximum Gasteiger partial charge on any atom is 0.333 e. The van der Waals surface area contributed by atoms with Crippen LogP contribution in [0.2, 0.25) is 0 Å². The molecule has 0 spiro atoms. The lowest BCUT2D eigenvalue weighted by Gasteiger charge is -2.26. The fourth-order valence-corrected chi connectivity index (χ4v) is 1.13. The van der Waals surface area contributed by atoms with Gasteiger partial charge in [0.05, 0.1) is 27.7 Å². The summed E-state index contributed by atoms with van der Waals surface area (Å²) in [4.78, 5) is 11.3. The van der Waals surface area contributed by atoms with Gasteiger partial charge in [0.1, 0.15) is 6.10 Å². The van der Waals surface area contributed by atoms with Crippen LogP contribution in [0.25, 0.3) is 0 Å². The molecule has 0 radical (unpaired) electrons. The van der Waals surface area contributed by atoms with Crippen molar-refractivity contribution in [3.8, 4) is 0 Å². The predicted octanol–water partition coefficient (Wildman–Crippen LogP) is 1.98. The van der Waals surface area contributed by atoms with Gasteiger partial charge in [0.25, 0.3) is 0 Å². The monoisotopic (exact) mass is 214 g/mol. The average molecular weight is 214 g/mol. The highest BCUT2D eigenvalue weighted by molar-refractivity contribution is 5.87. The third kappa shape index (κ3) is 7.14. The Balaban J connectivity index is 4.04. The van der Waals surface area contributed by atoms with Crippen molar-refractivity contribution in [2.24, 2.45) is 0 Å². The molecule has 0 amide bonds. The molecule has 3 heteroatoms. The predicted molar refractivity (Wildman–Crippen MR) is 62.5 cm³/mol. The first-order chi connectivity index (χ1) is 6.76. The van der Waals surface area contributed by atoms with E-state index in [1.807, 2.05) is 6.92 Å². The number of carbonyl (C=O) groups excluding carboxylic acids is 1. The van der Waals surface area contributed by atoms with E-state index in [0.717, 1.165) is 23.9 Å². The standard InChI is InChI=1S/C12H24NO2/c1-7-11(8-9-13(4,5)6)15-12(14)10(2)3/h11H,2,7-9H2,1,3-6H3/q+1. The highest BCUT2D eigenvalue weighted by Crippen LogP contribution is 2.08. The van der Waals surface area contributed by atoms with Crippen LogP contribution in [0.5, 0.6) is 0 Å². The fraction of sp³-hybridized carbons (Fsp3) is 0.750. The van der Waals surface area contributed by atoms with Crippen molar-refractivity contribution in [2.75, 3.05) is 27.7 Å². The van der Waals surface area contributed by atoms with Crippen LogP contribution < -0.4 is 0 Å². The molecule has 0 saturated carbocycles. The number of hydrogen-bond donors (Lipinski definition) is 0. The molecule has 0 N–H and O–H groups in total. The van der Waals surface area contributed by atoms with Crippen molar-refractivity contribution in [1.82, 2.24) is 0 Å². The molecule has 0 saturated heterocycles. The minimum absolute atomic E-state index is 0.0200. The molecule has 0 aromatic carbocycles. The van der Waals surface area contributed by atoms with Gasteiger partial charge in [0.15, 0.2) is 0 Å². The molecule has 1 atom stereocenters. The number of rotatable bonds is 6. The average Bonchev–Trinajstić information content (AvgIpc) is 2.10. The summed E-state index contributed by atoms with van der Waals surface area (Å²) in [5.41, 5.74) is 0.471. The van der Waals surface area contributed by atoms with E-state index >= 15 is 0 Å². The summed E-state index contributed by atoms with van der Waals surface area (Å²) in [6, 6.07) is 0. The maximum atomic E-state index is 11.3. The van der Waals surface area contributed by atoms with Gasteiger partial charge < -0.3 is 9.22 Å². The largest absolute Gasteiger partial charge is 0.459 e. The van der Waals surface area contributed by atoms with Gasteiger partial charge in [0, 0.05) is 12.0 Å². The molecular weight excluding hydrogens is 190 g/mol. The number of hydrogen-bond acceptors (Lipinski definition) is 2. The van der Waals surface area contributed by atoms with Crippen LogP contribution in [0.4, 0.5) is 0 Å². The fourth-order valence-electron chi connectivity index (χ4n) is 1.13. The lowest BCUT2D eigenvalue weighted by Crippen LogP contribution is -2.37. The van der Waals surface area contributed by atoms with Crippen LogP contribution in [0.1, 0.15) is 26.7 Å². The lowest BCUT2D eigenvalue weighted by atomic mass is 10.2. The molecular formula is C12H24NO2+. The zero-order valence-electron chi connectivity index (χ0n) is 10.7. The first-order valence-corrected chi connectivity index (χ1v) is 5.43. The van der Waals surface area contributed by atoms with E-state index in [1.54, 1.807) is 6.92 Å². The Kier molecular flexibility index (Phi) is 5.58. The van der Waals surface area contributed by atoms with Crippen LogP contribution in [-0.4, -0.2) is 44.2 Å². The molecule has 0 aromatic rings. The molecule has 1 unspecified atom stereocenters. The summed E-state index contributed by atoms with van der Waals surface area (Å²) in [6.07, 6.45) is 1.78. The molecule has 0 aliphatic heterocycles. The van der Waals surface area contributed by atoms with E-state index in [-0.39, 0.29) is 12.1 Å². The van der Waals surface area contributed by atoms with Gasteiger partial charge in [-0.3, -0.25) is 0 Å². The van der Waals surface area contributed by atoms with E-state index in [1.165, 1.54) is 0 Å². The number of carbonyl (C=O) groups is 1. The third-order valence-electron chi connectivity index (χ3n) is 2.20. The lowest BCUT2D eigenvalue weighted by molar-refractivity contribution is -0.870. The Morgan fingerprint density at radius 3 is 2.27 bits per heavy atom. The topological polar surface area (TPSA) is 26.3 Å². The Labute approximate surface area is 93.3 Å². The van der Waals surface area contributed by atoms with Gasteiger partial charge >= 0.3 is 5.97 Å². The molecule has 0 aromatic heterocycles. The summed E-state index contributed by atoms with van der Waals surface area (Å²) in [5.74, 6) is -0.275. The van der Waals surface area contributed by atoms with E-state index in [2.05, 4.69) is 27.7 Å². The summed E-state index contributed by atoms with van der Waals surface area (Å²) in [5, 5.41) is 0. The molecule has 88 valence electrons. The summed E-state index contributed by atoms with van der Waals surface area (Å²) in [6.45, 7) is 8.28. The second-order valence-electron chi connectivity index (χ2n) is 5.02. The Bertz CT molecular complexity index is 228. The minimum Gasteiger partial charge on any atom is -0.459 e. The van der Waals surface area contributed by atoms with E-state index < -0.39 is 0 Å². The second kappa shape index (κ2) is 5.91. The van der Waals surface area contributed by atoms with Crippen LogP contribution >= 0.6 is 0 Å². The highest BCUT2D eigenvalue weighted by atomic mass is 16.5. The quantitative estimate of drug-likeness (QED) is 0.384. The van der Waals surface area contributed by atoms with Crippen LogP contribution in [0.3, 0.4) is 0 Å². The van der Waals surface area contributed by atoms with Crippen LogP contribution in [0.15, 0.2) is 12.2 Å². The van der Waals surface area contributed by atoms with Gasteiger partial charge in [0.2, 0.25) is 0 Å². The number of quaternary nitrogens is 1. The Hall–Kier alpha value is -0.830. The number of ether oxygens (including phenoxy) is 1. The number of nitrogens with zero attached hydrogens (tertiary/aromatic N) is 1. The molecule has 0 heterocycles. The van der Waals surface area contributed by atoms with Crippen LogP contribution in [0, 0.1) is 0 Å². The van der Waals surface area contributed by atoms with Crippen LogP contribution in [-0.2, 0) is 9.53 Å². The molecule has 0 aliphatic rings. The molecule has 0 rings (SSSR count). The highest BCUT2D eigenvalue weighted by Gasteiger charge is 2.16. The van der Waals surface area contributed by atoms with Gasteiger partial charge in [-0.15, -0.1) is 0 Å². The van der Waals surface area contributed by atoms with E-state index in [9.17, 15) is 4.79 Å². The zero-order chi connectivity index (χ0) is 12.1. The molecule has 15 heavy (non-hydrogen) atoms. The number of esters is 1. The van der Waals surface area contributed by atoms with Gasteiger partial charge in [-0.1, -0.05) is 13.5 Å². The normalized spacial score (nSPS) is 13.4. The van der Waals surface area contributed by atoms with Crippen molar-refractivity contribution in [2.45, 2.75) is 32.8 Å². The second-order valence-corrected chi connectivity index (χ2v) is 5.02. The van der Waals surface area contributed by atoms with Gasteiger partial charge in [-0.2, -0.15) is 0 Å². The van der Waals surface area contributed by atoms with E-state index in [0.29, 0.717) is 5.57 Å². The third-order valence-corrected chi connectivity index (χ3v) is 2.20. The minimum atomic E-state index is -0.275. The first kappa shape index (κ1) is 14.2. The Morgan fingerprint density at radius 1 is 1.40 bits per heavy atom. The van der Waals surface area contributed by atoms with Gasteiger partial charge in [-0.05, 0) is 13.3 Å². The van der Waals surface area contributed by atoms with Crippen molar-refractivity contribution in [3.05, 3.63) is 12.2 Å². The smallest absolute Gasteiger partial charge is 0.333 e. The van der Waals surface area contributed by atoms with Crippen molar-refractivity contribution in [3.63, 3.8) is 0 Å². The Morgan fingerprint density at radius 2 is 1.93 bits per heavy atom. The summed E-state index contributed by atoms with van der Waals surface area (Å²) < 4.78 is 6.20. The molecule has 0 bridgehead atoms. The van der Waals surface area contributed by atoms with E-state index in [4.69, 9.17) is 4.74 Å². The molecule has 3 nitrogen and oxygen atoms in total. The zero-order valence-corrected chi connectivity index (χ0v) is 10.7. The maximum absolute atomic E-state index is 11.3. The van der Waals surface area contributed by atoms with Crippen molar-refractivity contribution < 1.29 is 14.0 Å². The summed E-state index contributed by atoms with van der Waals surface area (Å²) >= 11 is 0. The molecule has 0 fully saturated rings.